The number of benzene rings is 5. The van der Waals surface area contributed by atoms with Crippen molar-refractivity contribution >= 4 is 56.9 Å². The number of aliphatic imine (C=N–C) groups is 2. The second-order valence-electron chi connectivity index (χ2n) is 16.3. The fourth-order valence-electron chi connectivity index (χ4n) is 10.4. The SMILES string of the molecule is C1=CC(C2=NC(C3=c4ccccc4=CCC3N3C4=Cc5cc(-n6c7ccccc7c7ccccc76)ccc5CC4c4ccccc43)[NH2+]C(C3=CCCC=C3)=N2)=CCC1. The molecule has 2 N–H and O–H groups in total. The molecule has 5 aromatic carbocycles. The second kappa shape index (κ2) is 13.5. The monoisotopic (exact) mass is 750 g/mol. The van der Waals surface area contributed by atoms with Gasteiger partial charge in [-0.25, -0.2) is 4.99 Å². The van der Waals surface area contributed by atoms with Gasteiger partial charge in [0.05, 0.1) is 22.6 Å². The second-order valence-corrected chi connectivity index (χ2v) is 16.3. The van der Waals surface area contributed by atoms with Crippen LogP contribution in [0.1, 0.15) is 54.7 Å². The lowest BCUT2D eigenvalue weighted by Crippen LogP contribution is -2.95. The molecule has 0 amide bonds. The highest BCUT2D eigenvalue weighted by molar-refractivity contribution is 6.12. The number of rotatable bonds is 5. The third-order valence-electron chi connectivity index (χ3n) is 13.1. The van der Waals surface area contributed by atoms with Gasteiger partial charge in [0.2, 0.25) is 12.0 Å². The van der Waals surface area contributed by atoms with Crippen molar-refractivity contribution in [2.45, 2.75) is 56.7 Å². The molecule has 0 radical (unpaired) electrons. The largest absolute Gasteiger partial charge is 0.336 e. The summed E-state index contributed by atoms with van der Waals surface area (Å²) in [6.07, 6.45) is 24.6. The van der Waals surface area contributed by atoms with Gasteiger partial charge in [0.25, 0.3) is 0 Å². The van der Waals surface area contributed by atoms with Crippen LogP contribution in [-0.4, -0.2) is 28.4 Å². The summed E-state index contributed by atoms with van der Waals surface area (Å²) in [7, 11) is 0. The Morgan fingerprint density at radius 2 is 1.40 bits per heavy atom. The van der Waals surface area contributed by atoms with Crippen molar-refractivity contribution < 1.29 is 5.32 Å². The molecule has 6 aromatic rings. The van der Waals surface area contributed by atoms with Gasteiger partial charge in [-0.15, -0.1) is 0 Å². The van der Waals surface area contributed by atoms with E-state index in [-0.39, 0.29) is 18.1 Å². The van der Waals surface area contributed by atoms with E-state index in [4.69, 9.17) is 9.98 Å². The highest BCUT2D eigenvalue weighted by Crippen LogP contribution is 2.51. The standard InChI is InChI=1S/C53H43N5/c1-3-16-35(17-4-1)51-54-52(36-18-5-2-6-19-36)56-53(55-51)50-40-20-8-7-15-34(40)28-30-48(50)58-47-26-14-11-23-43(47)44-32-37-27-29-39(31-38(37)33-49(44)58)57-45-24-12-9-21-41(45)42-22-10-13-25-46(42)57/h3,5,7-29,31,33,44,48,53H,1-2,4,6,30,32H2,(H,54,55,56)/p+1. The summed E-state index contributed by atoms with van der Waals surface area (Å²) in [5, 5.41) is 7.50. The van der Waals surface area contributed by atoms with Gasteiger partial charge in [-0.2, -0.15) is 4.99 Å². The van der Waals surface area contributed by atoms with Gasteiger partial charge in [0.1, 0.15) is 0 Å². The van der Waals surface area contributed by atoms with Gasteiger partial charge < -0.3 is 9.47 Å². The Morgan fingerprint density at radius 1 is 0.672 bits per heavy atom. The van der Waals surface area contributed by atoms with Crippen molar-refractivity contribution in [1.29, 1.82) is 0 Å². The number of anilines is 1. The molecule has 4 aliphatic carbocycles. The van der Waals surface area contributed by atoms with Crippen LogP contribution in [0.2, 0.25) is 0 Å². The van der Waals surface area contributed by atoms with Crippen LogP contribution in [0.25, 0.3) is 45.2 Å². The third-order valence-corrected chi connectivity index (χ3v) is 13.1. The fraction of sp³-hybridized carbons (Fsp3) is 0.170. The van der Waals surface area contributed by atoms with Crippen LogP contribution in [-0.2, 0) is 6.42 Å². The highest BCUT2D eigenvalue weighted by Gasteiger charge is 2.44. The lowest BCUT2D eigenvalue weighted by atomic mass is 9.83. The summed E-state index contributed by atoms with van der Waals surface area (Å²) in [6, 6.07) is 42.9. The first-order valence-electron chi connectivity index (χ1n) is 21.0. The molecule has 6 aliphatic rings. The zero-order chi connectivity index (χ0) is 38.2. The molecule has 0 fully saturated rings. The fourth-order valence-corrected chi connectivity index (χ4v) is 10.4. The molecule has 2 aliphatic heterocycles. The Morgan fingerprint density at radius 3 is 2.19 bits per heavy atom. The quantitative estimate of drug-likeness (QED) is 0.188. The van der Waals surface area contributed by atoms with E-state index in [1.807, 2.05) is 0 Å². The van der Waals surface area contributed by atoms with Gasteiger partial charge in [-0.05, 0) is 102 Å². The minimum Gasteiger partial charge on any atom is -0.336 e. The highest BCUT2D eigenvalue weighted by atomic mass is 15.2. The molecule has 0 bridgehead atoms. The summed E-state index contributed by atoms with van der Waals surface area (Å²) in [5.41, 5.74) is 14.2. The summed E-state index contributed by atoms with van der Waals surface area (Å²) in [6.45, 7) is 0. The molecule has 12 rings (SSSR count). The van der Waals surface area contributed by atoms with Gasteiger partial charge >= 0.3 is 0 Å². The smallest absolute Gasteiger partial charge is 0.235 e. The third kappa shape index (κ3) is 5.34. The number of nitrogens with zero attached hydrogens (tertiary/aromatic N) is 4. The van der Waals surface area contributed by atoms with E-state index in [0.717, 1.165) is 55.8 Å². The first-order valence-corrected chi connectivity index (χ1v) is 21.0. The molecule has 58 heavy (non-hydrogen) atoms. The maximum atomic E-state index is 5.58. The molecule has 5 heteroatoms. The number of quaternary nitrogens is 1. The first-order chi connectivity index (χ1) is 28.8. The number of aromatic nitrogens is 1. The zero-order valence-electron chi connectivity index (χ0n) is 32.4. The van der Waals surface area contributed by atoms with Crippen LogP contribution in [0, 0.1) is 0 Å². The zero-order valence-corrected chi connectivity index (χ0v) is 32.4. The molecule has 1 aromatic heterocycles. The van der Waals surface area contributed by atoms with E-state index in [1.165, 1.54) is 77.2 Å². The number of hydrogen-bond acceptors (Lipinski definition) is 3. The number of hydrogen-bond donors (Lipinski definition) is 1. The lowest BCUT2D eigenvalue weighted by Gasteiger charge is -2.38. The van der Waals surface area contributed by atoms with Crippen molar-refractivity contribution in [3.8, 4) is 5.69 Å². The number of allylic oxidation sites excluding steroid dienone is 5. The van der Waals surface area contributed by atoms with Crippen LogP contribution in [0.5, 0.6) is 0 Å². The van der Waals surface area contributed by atoms with E-state index in [2.05, 4.69) is 179 Å². The first kappa shape index (κ1) is 33.6. The molecule has 280 valence electrons. The molecule has 5 nitrogen and oxygen atoms in total. The van der Waals surface area contributed by atoms with Gasteiger partial charge in [0, 0.05) is 44.9 Å². The molecule has 3 atom stereocenters. The molecule has 0 saturated carbocycles. The maximum Gasteiger partial charge on any atom is 0.235 e. The van der Waals surface area contributed by atoms with E-state index in [0.29, 0.717) is 0 Å². The Labute approximate surface area is 338 Å². The predicted octanol–water partition coefficient (Wildman–Crippen LogP) is 8.94. The average Bonchev–Trinajstić information content (AvgIpc) is 3.80. The molecule has 3 unspecified atom stereocenters. The number of nitrogens with two attached hydrogens (primary N) is 1. The Hall–Kier alpha value is -6.56. The predicted molar refractivity (Wildman–Crippen MR) is 240 cm³/mol. The summed E-state index contributed by atoms with van der Waals surface area (Å²) < 4.78 is 2.44. The number of amidine groups is 2. The van der Waals surface area contributed by atoms with Crippen LogP contribution in [0.15, 0.2) is 179 Å². The molecular weight excluding hydrogens is 707 g/mol. The molecule has 0 spiro atoms. The maximum absolute atomic E-state index is 5.58. The van der Waals surface area contributed by atoms with E-state index >= 15 is 0 Å². The van der Waals surface area contributed by atoms with Crippen LogP contribution >= 0.6 is 0 Å². The van der Waals surface area contributed by atoms with E-state index in [9.17, 15) is 0 Å². The lowest BCUT2D eigenvalue weighted by molar-refractivity contribution is -0.564. The number of para-hydroxylation sites is 3. The van der Waals surface area contributed by atoms with Crippen LogP contribution in [0.4, 0.5) is 5.69 Å². The van der Waals surface area contributed by atoms with E-state index < -0.39 is 0 Å². The van der Waals surface area contributed by atoms with Crippen molar-refractivity contribution in [1.82, 2.24) is 4.57 Å². The molecule has 3 heterocycles. The normalized spacial score (nSPS) is 21.9. The van der Waals surface area contributed by atoms with Crippen molar-refractivity contribution in [3.63, 3.8) is 0 Å². The van der Waals surface area contributed by atoms with Crippen LogP contribution < -0.4 is 20.7 Å². The Bertz CT molecular complexity index is 3020. The van der Waals surface area contributed by atoms with Gasteiger partial charge in [-0.1, -0.05) is 127 Å². The minimum atomic E-state index is -0.167. The van der Waals surface area contributed by atoms with Gasteiger partial charge in [0.15, 0.2) is 5.84 Å². The Kier molecular flexibility index (Phi) is 7.83. The summed E-state index contributed by atoms with van der Waals surface area (Å²) >= 11 is 0. The van der Waals surface area contributed by atoms with Crippen LogP contribution in [0.3, 0.4) is 0 Å². The van der Waals surface area contributed by atoms with E-state index in [1.54, 1.807) is 0 Å². The number of fused-ring (bicyclic) bond motifs is 8. The molecule has 0 saturated heterocycles. The molecular formula is C53H44N5+. The van der Waals surface area contributed by atoms with Crippen molar-refractivity contribution in [2.24, 2.45) is 9.98 Å². The average molecular weight is 751 g/mol. The van der Waals surface area contributed by atoms with Crippen molar-refractivity contribution in [3.05, 3.63) is 196 Å². The van der Waals surface area contributed by atoms with Gasteiger partial charge in [-0.3, -0.25) is 5.32 Å². The summed E-state index contributed by atoms with van der Waals surface area (Å²) in [4.78, 5) is 13.6. The Balaban J connectivity index is 1.02. The summed E-state index contributed by atoms with van der Waals surface area (Å²) in [5.74, 6) is 2.16. The topological polar surface area (TPSA) is 49.5 Å². The van der Waals surface area contributed by atoms with Crippen molar-refractivity contribution in [2.75, 3.05) is 4.90 Å². The minimum absolute atomic E-state index is 0.0757.